The Morgan fingerprint density at radius 3 is 2.29 bits per heavy atom. The van der Waals surface area contributed by atoms with Crippen LogP contribution in [-0.2, 0) is 6.18 Å². The normalized spacial score (nSPS) is 18.1. The molecular formula is C27H23F3N4S. The number of pyridine rings is 1. The highest BCUT2D eigenvalue weighted by Crippen LogP contribution is 2.43. The van der Waals surface area contributed by atoms with E-state index in [1.165, 1.54) is 12.1 Å². The van der Waals surface area contributed by atoms with E-state index < -0.39 is 11.7 Å². The zero-order chi connectivity index (χ0) is 24.7. The first-order chi connectivity index (χ1) is 16.8. The second-order valence-electron chi connectivity index (χ2n) is 8.54. The summed E-state index contributed by atoms with van der Waals surface area (Å²) in [5.74, 6) is 0. The van der Waals surface area contributed by atoms with Gasteiger partial charge < -0.3 is 14.8 Å². The van der Waals surface area contributed by atoms with E-state index in [0.717, 1.165) is 34.4 Å². The van der Waals surface area contributed by atoms with Gasteiger partial charge in [-0.15, -0.1) is 0 Å². The van der Waals surface area contributed by atoms with E-state index in [0.29, 0.717) is 10.8 Å². The average molecular weight is 493 g/mol. The lowest BCUT2D eigenvalue weighted by atomic mass is 9.96. The Labute approximate surface area is 207 Å². The molecule has 0 saturated carbocycles. The second kappa shape index (κ2) is 8.85. The predicted octanol–water partition coefficient (Wildman–Crippen LogP) is 6.69. The van der Waals surface area contributed by atoms with Gasteiger partial charge in [-0.2, -0.15) is 13.2 Å². The fourth-order valence-corrected chi connectivity index (χ4v) is 5.19. The van der Waals surface area contributed by atoms with Crippen molar-refractivity contribution >= 4 is 23.0 Å². The third kappa shape index (κ3) is 4.18. The van der Waals surface area contributed by atoms with Gasteiger partial charge in [-0.1, -0.05) is 30.3 Å². The predicted molar refractivity (Wildman–Crippen MR) is 135 cm³/mol. The van der Waals surface area contributed by atoms with Gasteiger partial charge >= 0.3 is 6.18 Å². The van der Waals surface area contributed by atoms with Gasteiger partial charge in [0.1, 0.15) is 0 Å². The number of para-hydroxylation sites is 1. The molecule has 8 heteroatoms. The van der Waals surface area contributed by atoms with Crippen LogP contribution in [0.15, 0.2) is 85.1 Å². The molecule has 1 fully saturated rings. The molecule has 0 amide bonds. The third-order valence-electron chi connectivity index (χ3n) is 6.35. The molecule has 1 N–H and O–H groups in total. The third-order valence-corrected chi connectivity index (χ3v) is 6.67. The van der Waals surface area contributed by atoms with Gasteiger partial charge in [0.05, 0.1) is 23.3 Å². The van der Waals surface area contributed by atoms with Crippen molar-refractivity contribution in [1.29, 1.82) is 0 Å². The molecule has 1 saturated heterocycles. The van der Waals surface area contributed by atoms with Crippen molar-refractivity contribution in [3.05, 3.63) is 113 Å². The van der Waals surface area contributed by atoms with E-state index in [1.54, 1.807) is 12.3 Å². The van der Waals surface area contributed by atoms with Crippen LogP contribution in [0.1, 0.15) is 40.3 Å². The summed E-state index contributed by atoms with van der Waals surface area (Å²) in [6.07, 6.45) is -2.67. The Bertz CT molecular complexity index is 1370. The molecule has 4 nitrogen and oxygen atoms in total. The van der Waals surface area contributed by atoms with E-state index in [-0.39, 0.29) is 12.1 Å². The summed E-state index contributed by atoms with van der Waals surface area (Å²) >= 11 is 5.77. The number of anilines is 1. The number of benzene rings is 2. The van der Waals surface area contributed by atoms with Crippen molar-refractivity contribution in [2.45, 2.75) is 32.1 Å². The summed E-state index contributed by atoms with van der Waals surface area (Å²) < 4.78 is 42.1. The molecule has 2 aromatic heterocycles. The van der Waals surface area contributed by atoms with Gasteiger partial charge in [0.25, 0.3) is 0 Å². The highest BCUT2D eigenvalue weighted by molar-refractivity contribution is 7.80. The summed E-state index contributed by atoms with van der Waals surface area (Å²) in [7, 11) is 0. The van der Waals surface area contributed by atoms with Crippen molar-refractivity contribution in [2.24, 2.45) is 0 Å². The van der Waals surface area contributed by atoms with Gasteiger partial charge in [-0.05, 0) is 80.2 Å². The molecule has 178 valence electrons. The largest absolute Gasteiger partial charge is 0.416 e. The maximum absolute atomic E-state index is 13.4. The fourth-order valence-electron chi connectivity index (χ4n) is 4.84. The second-order valence-corrected chi connectivity index (χ2v) is 8.93. The molecule has 4 aromatic rings. The molecule has 0 bridgehead atoms. The van der Waals surface area contributed by atoms with Crippen molar-refractivity contribution < 1.29 is 13.2 Å². The standard InChI is InChI=1S/C27H23F3N4S/c1-17-15-22(18(2)33(17)21-12-8-9-19(16-21)27(28,29)30)25-24(23-13-6-7-14-31-23)32-26(35)34(25)20-10-4-3-5-11-20/h3-16,24-25H,1-2H3,(H,32,35)/t24-,25+/m1/s1. The van der Waals surface area contributed by atoms with Crippen LogP contribution in [-0.4, -0.2) is 14.7 Å². The summed E-state index contributed by atoms with van der Waals surface area (Å²) in [6, 6.07) is 22.5. The van der Waals surface area contributed by atoms with E-state index in [2.05, 4.69) is 15.2 Å². The highest BCUT2D eigenvalue weighted by Gasteiger charge is 2.42. The van der Waals surface area contributed by atoms with Crippen molar-refractivity contribution in [3.8, 4) is 5.69 Å². The SMILES string of the molecule is Cc1cc([C@H]2[C@@H](c3ccccn3)NC(=S)N2c2ccccc2)c(C)n1-c1cccc(C(F)(F)F)c1. The molecule has 2 atom stereocenters. The summed E-state index contributed by atoms with van der Waals surface area (Å²) in [5, 5.41) is 4.00. The first-order valence-corrected chi connectivity index (χ1v) is 11.6. The summed E-state index contributed by atoms with van der Waals surface area (Å²) in [6.45, 7) is 3.84. The molecule has 1 aliphatic rings. The maximum atomic E-state index is 13.4. The minimum absolute atomic E-state index is 0.237. The Morgan fingerprint density at radius 2 is 1.60 bits per heavy atom. The number of halogens is 3. The van der Waals surface area contributed by atoms with Crippen LogP contribution in [0.3, 0.4) is 0 Å². The minimum Gasteiger partial charge on any atom is -0.351 e. The molecule has 0 unspecified atom stereocenters. The molecule has 0 aliphatic carbocycles. The number of aryl methyl sites for hydroxylation is 1. The molecule has 35 heavy (non-hydrogen) atoms. The molecule has 5 rings (SSSR count). The fraction of sp³-hybridized carbons (Fsp3) is 0.185. The smallest absolute Gasteiger partial charge is 0.351 e. The molecular weight excluding hydrogens is 469 g/mol. The van der Waals surface area contributed by atoms with Crippen LogP contribution in [0.4, 0.5) is 18.9 Å². The van der Waals surface area contributed by atoms with Crippen LogP contribution in [0.25, 0.3) is 5.69 Å². The molecule has 1 aliphatic heterocycles. The van der Waals surface area contributed by atoms with Gasteiger partial charge in [-0.25, -0.2) is 0 Å². The minimum atomic E-state index is -4.41. The number of hydrogen-bond donors (Lipinski definition) is 1. The van der Waals surface area contributed by atoms with Crippen LogP contribution >= 0.6 is 12.2 Å². The summed E-state index contributed by atoms with van der Waals surface area (Å²) in [5.41, 5.74) is 4.20. The van der Waals surface area contributed by atoms with Crippen molar-refractivity contribution in [3.63, 3.8) is 0 Å². The average Bonchev–Trinajstić information content (AvgIpc) is 3.34. The lowest BCUT2D eigenvalue weighted by Crippen LogP contribution is -2.29. The Hall–Kier alpha value is -3.65. The van der Waals surface area contributed by atoms with Gasteiger partial charge in [0.2, 0.25) is 0 Å². The molecule has 2 aromatic carbocycles. The van der Waals surface area contributed by atoms with Crippen LogP contribution in [0.5, 0.6) is 0 Å². The topological polar surface area (TPSA) is 33.1 Å². The van der Waals surface area contributed by atoms with E-state index in [4.69, 9.17) is 12.2 Å². The lowest BCUT2D eigenvalue weighted by molar-refractivity contribution is -0.137. The number of alkyl halides is 3. The van der Waals surface area contributed by atoms with E-state index >= 15 is 0 Å². The van der Waals surface area contributed by atoms with Gasteiger partial charge in [0.15, 0.2) is 5.11 Å². The zero-order valence-corrected chi connectivity index (χ0v) is 19.9. The zero-order valence-electron chi connectivity index (χ0n) is 19.1. The van der Waals surface area contributed by atoms with Crippen molar-refractivity contribution in [1.82, 2.24) is 14.9 Å². The van der Waals surface area contributed by atoms with Crippen LogP contribution in [0.2, 0.25) is 0 Å². The first kappa shape index (κ1) is 23.1. The quantitative estimate of drug-likeness (QED) is 0.322. The van der Waals surface area contributed by atoms with E-state index in [1.807, 2.05) is 73.0 Å². The molecule has 3 heterocycles. The number of aromatic nitrogens is 2. The molecule has 0 spiro atoms. The van der Waals surface area contributed by atoms with Gasteiger partial charge in [-0.3, -0.25) is 4.98 Å². The van der Waals surface area contributed by atoms with E-state index in [9.17, 15) is 13.2 Å². The van der Waals surface area contributed by atoms with Gasteiger partial charge in [0, 0.05) is 29.0 Å². The number of thiocarbonyl (C=S) groups is 1. The van der Waals surface area contributed by atoms with Crippen LogP contribution < -0.4 is 10.2 Å². The number of nitrogens with one attached hydrogen (secondary N) is 1. The number of rotatable bonds is 4. The Balaban J connectivity index is 1.67. The maximum Gasteiger partial charge on any atom is 0.416 e. The Kier molecular flexibility index (Phi) is 5.84. The molecule has 0 radical (unpaired) electrons. The highest BCUT2D eigenvalue weighted by atomic mass is 32.1. The van der Waals surface area contributed by atoms with Crippen LogP contribution in [0, 0.1) is 13.8 Å². The lowest BCUT2D eigenvalue weighted by Gasteiger charge is -2.28. The monoisotopic (exact) mass is 492 g/mol. The van der Waals surface area contributed by atoms with Crippen molar-refractivity contribution in [2.75, 3.05) is 4.90 Å². The first-order valence-electron chi connectivity index (χ1n) is 11.2. The number of hydrogen-bond acceptors (Lipinski definition) is 2. The Morgan fingerprint density at radius 1 is 0.886 bits per heavy atom. The number of nitrogens with zero attached hydrogens (tertiary/aromatic N) is 3. The summed E-state index contributed by atoms with van der Waals surface area (Å²) in [4.78, 5) is 6.64.